The number of nitrogens with one attached hydrogen (secondary N) is 1. The molecule has 2 aromatic heterocycles. The van der Waals surface area contributed by atoms with Crippen molar-refractivity contribution >= 4 is 23.4 Å². The van der Waals surface area contributed by atoms with E-state index in [1.54, 1.807) is 36.4 Å². The minimum atomic E-state index is -0.907. The molecule has 2 aromatic carbocycles. The number of furan rings is 1. The summed E-state index contributed by atoms with van der Waals surface area (Å²) in [7, 11) is 0. The minimum absolute atomic E-state index is 0.0208. The largest absolute Gasteiger partial charge is 0.465 e. The number of carbonyl (C=O) groups is 1. The number of hydrogen-bond donors (Lipinski definition) is 1. The number of benzene rings is 2. The summed E-state index contributed by atoms with van der Waals surface area (Å²) in [6.07, 6.45) is 2.86. The van der Waals surface area contributed by atoms with Gasteiger partial charge in [0.2, 0.25) is 0 Å². The average Bonchev–Trinajstić information content (AvgIpc) is 3.40. The van der Waals surface area contributed by atoms with Gasteiger partial charge in [-0.05, 0) is 34.7 Å². The van der Waals surface area contributed by atoms with Crippen molar-refractivity contribution in [1.29, 1.82) is 0 Å². The van der Waals surface area contributed by atoms with Crippen molar-refractivity contribution in [2.45, 2.75) is 0 Å². The van der Waals surface area contributed by atoms with E-state index < -0.39 is 17.5 Å². The molecule has 0 aliphatic heterocycles. The molecule has 0 fully saturated rings. The quantitative estimate of drug-likeness (QED) is 0.521. The monoisotopic (exact) mass is 393 g/mol. The van der Waals surface area contributed by atoms with E-state index >= 15 is 0 Å². The third kappa shape index (κ3) is 3.93. The fourth-order valence-electron chi connectivity index (χ4n) is 2.62. The van der Waals surface area contributed by atoms with Gasteiger partial charge in [0.1, 0.15) is 23.1 Å². The van der Waals surface area contributed by atoms with Gasteiger partial charge in [-0.3, -0.25) is 4.79 Å². The van der Waals surface area contributed by atoms with Gasteiger partial charge in [0.05, 0.1) is 12.0 Å². The Bertz CT molecular complexity index is 1170. The fourth-order valence-corrected chi connectivity index (χ4v) is 2.62. The molecule has 0 saturated carbocycles. The fraction of sp³-hybridized carbons (Fsp3) is 0. The topological polar surface area (TPSA) is 85.8 Å². The molecule has 4 aromatic rings. The van der Waals surface area contributed by atoms with Crippen LogP contribution in [0.2, 0.25) is 0 Å². The Morgan fingerprint density at radius 3 is 2.62 bits per heavy atom. The van der Waals surface area contributed by atoms with Crippen molar-refractivity contribution in [3.8, 4) is 11.4 Å². The summed E-state index contributed by atoms with van der Waals surface area (Å²) in [5.41, 5.74) is 0.465. The van der Waals surface area contributed by atoms with Crippen molar-refractivity contribution in [1.82, 2.24) is 20.2 Å². The third-order valence-corrected chi connectivity index (χ3v) is 3.96. The maximum atomic E-state index is 14.0. The second-order valence-corrected chi connectivity index (χ2v) is 5.90. The Balaban J connectivity index is 1.76. The van der Waals surface area contributed by atoms with Crippen molar-refractivity contribution in [3.63, 3.8) is 0 Å². The molecule has 0 unspecified atom stereocenters. The molecule has 0 spiro atoms. The molecular formula is C20H13F2N5O2. The van der Waals surface area contributed by atoms with E-state index in [4.69, 9.17) is 4.42 Å². The average molecular weight is 393 g/mol. The van der Waals surface area contributed by atoms with Crippen LogP contribution < -0.4 is 5.32 Å². The molecule has 0 saturated heterocycles. The number of hydrogen-bond acceptors (Lipinski definition) is 5. The molecule has 4 rings (SSSR count). The van der Waals surface area contributed by atoms with E-state index in [9.17, 15) is 13.6 Å². The first-order valence-electron chi connectivity index (χ1n) is 8.47. The Kier molecular flexibility index (Phi) is 4.93. The van der Waals surface area contributed by atoms with E-state index in [2.05, 4.69) is 20.8 Å². The van der Waals surface area contributed by atoms with Gasteiger partial charge in [0, 0.05) is 17.7 Å². The van der Waals surface area contributed by atoms with Gasteiger partial charge in [-0.2, -0.15) is 4.68 Å². The first-order chi connectivity index (χ1) is 14.1. The molecule has 0 atom stereocenters. The van der Waals surface area contributed by atoms with Crippen LogP contribution in [0.3, 0.4) is 0 Å². The number of aromatic nitrogens is 4. The minimum Gasteiger partial charge on any atom is -0.465 e. The maximum absolute atomic E-state index is 14.0. The van der Waals surface area contributed by atoms with E-state index in [-0.39, 0.29) is 11.4 Å². The van der Waals surface area contributed by atoms with Crippen LogP contribution in [0, 0.1) is 11.6 Å². The Hall–Kier alpha value is -4.14. The highest BCUT2D eigenvalue weighted by Gasteiger charge is 2.21. The van der Waals surface area contributed by atoms with Crippen LogP contribution in [0.15, 0.2) is 71.3 Å². The molecule has 0 radical (unpaired) electrons. The summed E-state index contributed by atoms with van der Waals surface area (Å²) >= 11 is 0. The Morgan fingerprint density at radius 1 is 1.07 bits per heavy atom. The second-order valence-electron chi connectivity index (χ2n) is 5.90. The molecule has 0 bridgehead atoms. The van der Waals surface area contributed by atoms with Crippen LogP contribution in [0.4, 0.5) is 14.5 Å². The number of carbonyl (C=O) groups excluding carboxylic acids is 1. The van der Waals surface area contributed by atoms with Crippen LogP contribution in [-0.4, -0.2) is 26.1 Å². The molecule has 144 valence electrons. The van der Waals surface area contributed by atoms with Gasteiger partial charge < -0.3 is 9.73 Å². The third-order valence-electron chi connectivity index (χ3n) is 3.96. The van der Waals surface area contributed by atoms with Crippen molar-refractivity contribution in [2.75, 3.05) is 5.32 Å². The first-order valence-corrected chi connectivity index (χ1v) is 8.47. The number of anilines is 1. The van der Waals surface area contributed by atoms with Crippen LogP contribution in [-0.2, 0) is 4.79 Å². The summed E-state index contributed by atoms with van der Waals surface area (Å²) in [6, 6.07) is 15.1. The first kappa shape index (κ1) is 18.2. The van der Waals surface area contributed by atoms with Crippen LogP contribution in [0.5, 0.6) is 0 Å². The maximum Gasteiger partial charge on any atom is 0.274 e. The number of tetrazole rings is 1. The molecule has 1 N–H and O–H groups in total. The number of halogens is 2. The molecular weight excluding hydrogens is 380 g/mol. The van der Waals surface area contributed by atoms with E-state index in [1.807, 2.05) is 6.07 Å². The molecule has 1 amide bonds. The summed E-state index contributed by atoms with van der Waals surface area (Å²) in [5, 5.41) is 14.0. The highest BCUT2D eigenvalue weighted by atomic mass is 19.1. The summed E-state index contributed by atoms with van der Waals surface area (Å²) < 4.78 is 33.7. The van der Waals surface area contributed by atoms with Crippen LogP contribution >= 0.6 is 0 Å². The van der Waals surface area contributed by atoms with Crippen molar-refractivity contribution in [3.05, 3.63) is 84.3 Å². The van der Waals surface area contributed by atoms with Gasteiger partial charge in [-0.1, -0.05) is 30.3 Å². The van der Waals surface area contributed by atoms with Gasteiger partial charge >= 0.3 is 0 Å². The Labute approximate surface area is 163 Å². The highest BCUT2D eigenvalue weighted by molar-refractivity contribution is 6.24. The number of nitrogens with zero attached hydrogens (tertiary/aromatic N) is 4. The van der Waals surface area contributed by atoms with Crippen molar-refractivity contribution in [2.24, 2.45) is 0 Å². The van der Waals surface area contributed by atoms with Gasteiger partial charge in [0.15, 0.2) is 5.82 Å². The number of rotatable bonds is 5. The van der Waals surface area contributed by atoms with E-state index in [0.717, 1.165) is 12.1 Å². The summed E-state index contributed by atoms with van der Waals surface area (Å²) in [6.45, 7) is 0. The normalized spacial score (nSPS) is 11.4. The lowest BCUT2D eigenvalue weighted by Gasteiger charge is -2.11. The van der Waals surface area contributed by atoms with Gasteiger partial charge in [-0.15, -0.1) is 5.10 Å². The molecule has 7 nitrogen and oxygen atoms in total. The smallest absolute Gasteiger partial charge is 0.274 e. The molecule has 0 aliphatic carbocycles. The second kappa shape index (κ2) is 7.85. The lowest BCUT2D eigenvalue weighted by atomic mass is 10.2. The molecule has 29 heavy (non-hydrogen) atoms. The zero-order valence-corrected chi connectivity index (χ0v) is 14.8. The molecule has 9 heteroatoms. The zero-order valence-electron chi connectivity index (χ0n) is 14.8. The van der Waals surface area contributed by atoms with Crippen LogP contribution in [0.1, 0.15) is 5.76 Å². The zero-order chi connectivity index (χ0) is 20.2. The highest BCUT2D eigenvalue weighted by Crippen LogP contribution is 2.22. The predicted octanol–water partition coefficient (Wildman–Crippen LogP) is 3.85. The lowest BCUT2D eigenvalue weighted by molar-refractivity contribution is -0.111. The molecule has 0 aliphatic rings. The summed E-state index contributed by atoms with van der Waals surface area (Å²) in [4.78, 5) is 13.0. The standard InChI is InChI=1S/C20H13F2N5O2/c21-14-8-9-17(16(22)11-14)23-20(28)18(12-15-7-4-10-29-15)27-19(24-25-26-27)13-5-2-1-3-6-13/h1-12H,(H,23,28)/b18-12+. The van der Waals surface area contributed by atoms with Gasteiger partial charge in [0.25, 0.3) is 5.91 Å². The lowest BCUT2D eigenvalue weighted by Crippen LogP contribution is -2.20. The SMILES string of the molecule is O=C(Nc1ccc(F)cc1F)/C(=C\c1ccco1)n1nnnc1-c1ccccc1. The van der Waals surface area contributed by atoms with Crippen LogP contribution in [0.25, 0.3) is 23.2 Å². The molecule has 2 heterocycles. The predicted molar refractivity (Wildman–Crippen MR) is 101 cm³/mol. The van der Waals surface area contributed by atoms with Gasteiger partial charge in [-0.25, -0.2) is 8.78 Å². The van der Waals surface area contributed by atoms with Crippen molar-refractivity contribution < 1.29 is 18.0 Å². The van der Waals surface area contributed by atoms with E-state index in [0.29, 0.717) is 23.2 Å². The van der Waals surface area contributed by atoms with E-state index in [1.165, 1.54) is 17.0 Å². The summed E-state index contributed by atoms with van der Waals surface area (Å²) in [5.74, 6) is -1.70. The Morgan fingerprint density at radius 2 is 1.90 bits per heavy atom. The number of amides is 1.